The van der Waals surface area contributed by atoms with Gasteiger partial charge in [0.2, 0.25) is 0 Å². The van der Waals surface area contributed by atoms with E-state index in [9.17, 15) is 0 Å². The summed E-state index contributed by atoms with van der Waals surface area (Å²) in [4.78, 5) is 7.19. The molecule has 2 N–H and O–H groups in total. The minimum atomic E-state index is 0.146. The zero-order chi connectivity index (χ0) is 22.2. The van der Waals surface area contributed by atoms with Crippen LogP contribution in [0, 0.1) is 12.8 Å². The number of aliphatic imine (C=N–C) groups is 1. The Hall–Kier alpha value is -2.79. The molecule has 1 fully saturated rings. The van der Waals surface area contributed by atoms with E-state index >= 15 is 0 Å². The van der Waals surface area contributed by atoms with Crippen LogP contribution in [0.15, 0.2) is 65.7 Å². The summed E-state index contributed by atoms with van der Waals surface area (Å²) in [5.41, 5.74) is 5.05. The maximum absolute atomic E-state index is 6.18. The van der Waals surface area contributed by atoms with Crippen LogP contribution in [0.25, 0.3) is 0 Å². The molecule has 5 nitrogen and oxygen atoms in total. The van der Waals surface area contributed by atoms with Crippen molar-refractivity contribution >= 4 is 11.6 Å². The average Bonchev–Trinajstić information content (AvgIpc) is 3.37. The number of rotatable bonds is 7. The quantitative estimate of drug-likeness (QED) is 0.382. The van der Waals surface area contributed by atoms with E-state index in [1.165, 1.54) is 22.4 Å². The molecule has 0 spiro atoms. The van der Waals surface area contributed by atoms with E-state index in [0.717, 1.165) is 51.6 Å². The molecule has 5 heteroatoms. The molecular weight excluding hydrogens is 396 g/mol. The summed E-state index contributed by atoms with van der Waals surface area (Å²) in [5, 5.41) is 6.96. The van der Waals surface area contributed by atoms with Crippen LogP contribution in [0.4, 0.5) is 5.69 Å². The number of anilines is 1. The summed E-state index contributed by atoms with van der Waals surface area (Å²) in [6, 6.07) is 17.5. The topological polar surface area (TPSA) is 48.9 Å². The van der Waals surface area contributed by atoms with E-state index in [2.05, 4.69) is 90.1 Å². The molecule has 2 aliphatic heterocycles. The Morgan fingerprint density at radius 3 is 2.50 bits per heavy atom. The fourth-order valence-corrected chi connectivity index (χ4v) is 4.42. The third-order valence-corrected chi connectivity index (χ3v) is 6.27. The minimum Gasteiger partial charge on any atom is -0.373 e. The average molecular weight is 433 g/mol. The van der Waals surface area contributed by atoms with E-state index in [4.69, 9.17) is 9.73 Å². The lowest BCUT2D eigenvalue weighted by molar-refractivity contribution is -0.0265. The molecule has 1 saturated heterocycles. The second kappa shape index (κ2) is 11.2. The number of benzene rings is 2. The van der Waals surface area contributed by atoms with Crippen LogP contribution in [0.2, 0.25) is 0 Å². The third-order valence-electron chi connectivity index (χ3n) is 6.27. The minimum absolute atomic E-state index is 0.146. The molecule has 2 aliphatic rings. The van der Waals surface area contributed by atoms with Crippen LogP contribution in [0.5, 0.6) is 0 Å². The number of hydrogen-bond donors (Lipinski definition) is 2. The lowest BCUT2D eigenvalue weighted by Gasteiger charge is -2.32. The van der Waals surface area contributed by atoms with Crippen LogP contribution in [-0.2, 0) is 11.3 Å². The van der Waals surface area contributed by atoms with Crippen molar-refractivity contribution in [2.45, 2.75) is 39.3 Å². The van der Waals surface area contributed by atoms with Crippen molar-refractivity contribution in [3.63, 3.8) is 0 Å². The standard InChI is InChI=1S/C27H36N4O/c1-3-28-27(29-19-22-10-14-25(15-11-22)31-16-4-5-17-31)30-20-24-7-6-18-32-26(24)23-12-8-21(2)9-13-23/h4-5,8-15,24,26H,3,6-7,16-20H2,1-2H3,(H2,28,29,30). The number of guanidine groups is 1. The largest absolute Gasteiger partial charge is 0.373 e. The zero-order valence-electron chi connectivity index (χ0n) is 19.4. The number of hydrogen-bond acceptors (Lipinski definition) is 3. The Kier molecular flexibility index (Phi) is 7.83. The molecule has 2 heterocycles. The summed E-state index contributed by atoms with van der Waals surface area (Å²) < 4.78 is 6.18. The molecule has 0 saturated carbocycles. The number of nitrogens with zero attached hydrogens (tertiary/aromatic N) is 2. The van der Waals surface area contributed by atoms with Crippen molar-refractivity contribution in [1.82, 2.24) is 10.6 Å². The molecule has 2 aromatic rings. The van der Waals surface area contributed by atoms with Gasteiger partial charge in [0.25, 0.3) is 0 Å². The first-order chi connectivity index (χ1) is 15.7. The van der Waals surface area contributed by atoms with Crippen LogP contribution in [-0.4, -0.2) is 38.7 Å². The van der Waals surface area contributed by atoms with Gasteiger partial charge in [-0.1, -0.05) is 54.1 Å². The lowest BCUT2D eigenvalue weighted by Crippen LogP contribution is -2.42. The molecule has 2 atom stereocenters. The van der Waals surface area contributed by atoms with Crippen molar-refractivity contribution in [1.29, 1.82) is 0 Å². The van der Waals surface area contributed by atoms with Crippen LogP contribution < -0.4 is 15.5 Å². The van der Waals surface area contributed by atoms with Gasteiger partial charge in [0.1, 0.15) is 0 Å². The summed E-state index contributed by atoms with van der Waals surface area (Å²) >= 11 is 0. The third kappa shape index (κ3) is 5.92. The van der Waals surface area contributed by atoms with E-state index in [1.807, 2.05) is 0 Å². The summed E-state index contributed by atoms with van der Waals surface area (Å²) in [5.74, 6) is 1.30. The second-order valence-corrected chi connectivity index (χ2v) is 8.72. The first-order valence-corrected chi connectivity index (χ1v) is 11.9. The van der Waals surface area contributed by atoms with Gasteiger partial charge in [0, 0.05) is 44.4 Å². The number of aryl methyl sites for hydroxylation is 1. The maximum atomic E-state index is 6.18. The second-order valence-electron chi connectivity index (χ2n) is 8.72. The van der Waals surface area contributed by atoms with Crippen molar-refractivity contribution < 1.29 is 4.74 Å². The Morgan fingerprint density at radius 1 is 1.03 bits per heavy atom. The first-order valence-electron chi connectivity index (χ1n) is 11.9. The van der Waals surface area contributed by atoms with Gasteiger partial charge in [-0.15, -0.1) is 0 Å². The van der Waals surface area contributed by atoms with Crippen molar-refractivity contribution in [3.05, 3.63) is 77.4 Å². The molecule has 4 rings (SSSR count). The van der Waals surface area contributed by atoms with E-state index in [1.54, 1.807) is 0 Å². The van der Waals surface area contributed by atoms with Crippen LogP contribution in [0.1, 0.15) is 42.6 Å². The highest BCUT2D eigenvalue weighted by molar-refractivity contribution is 5.79. The fourth-order valence-electron chi connectivity index (χ4n) is 4.42. The highest BCUT2D eigenvalue weighted by Crippen LogP contribution is 2.33. The molecule has 0 aliphatic carbocycles. The van der Waals surface area contributed by atoms with Crippen molar-refractivity contribution in [2.75, 3.05) is 37.7 Å². The van der Waals surface area contributed by atoms with Gasteiger partial charge in [0.15, 0.2) is 5.96 Å². The Bertz CT molecular complexity index is 896. The Labute approximate surface area is 192 Å². The predicted octanol–water partition coefficient (Wildman–Crippen LogP) is 4.59. The van der Waals surface area contributed by atoms with E-state index < -0.39 is 0 Å². The molecule has 0 aromatic heterocycles. The van der Waals surface area contributed by atoms with Gasteiger partial charge >= 0.3 is 0 Å². The predicted molar refractivity (Wildman–Crippen MR) is 133 cm³/mol. The molecule has 2 aromatic carbocycles. The SMILES string of the molecule is CCNC(=NCc1ccc(N2CC=CC2)cc1)NCC1CCCOC1c1ccc(C)cc1. The number of nitrogens with one attached hydrogen (secondary N) is 2. The monoisotopic (exact) mass is 432 g/mol. The fraction of sp³-hybridized carbons (Fsp3) is 0.444. The maximum Gasteiger partial charge on any atom is 0.191 e. The highest BCUT2D eigenvalue weighted by atomic mass is 16.5. The van der Waals surface area contributed by atoms with E-state index in [-0.39, 0.29) is 6.10 Å². The smallest absolute Gasteiger partial charge is 0.191 e. The molecule has 170 valence electrons. The first kappa shape index (κ1) is 22.4. The molecule has 0 bridgehead atoms. The van der Waals surface area contributed by atoms with Gasteiger partial charge in [-0.05, 0) is 49.9 Å². The Balaban J connectivity index is 1.35. The molecule has 32 heavy (non-hydrogen) atoms. The van der Waals surface area contributed by atoms with E-state index in [0.29, 0.717) is 12.5 Å². The zero-order valence-corrected chi connectivity index (χ0v) is 19.4. The van der Waals surface area contributed by atoms with Gasteiger partial charge in [-0.25, -0.2) is 4.99 Å². The lowest BCUT2D eigenvalue weighted by atomic mass is 9.89. The number of ether oxygens (including phenoxy) is 1. The summed E-state index contributed by atoms with van der Waals surface area (Å²) in [7, 11) is 0. The normalized spacial score (nSPS) is 21.1. The van der Waals surface area contributed by atoms with Gasteiger partial charge in [-0.3, -0.25) is 0 Å². The molecule has 0 radical (unpaired) electrons. The molecular formula is C27H36N4O. The van der Waals surface area contributed by atoms with Crippen molar-refractivity contribution in [2.24, 2.45) is 10.9 Å². The Morgan fingerprint density at radius 2 is 1.78 bits per heavy atom. The van der Waals surface area contributed by atoms with Crippen molar-refractivity contribution in [3.8, 4) is 0 Å². The molecule has 2 unspecified atom stereocenters. The summed E-state index contributed by atoms with van der Waals surface area (Å²) in [6.45, 7) is 9.43. The van der Waals surface area contributed by atoms with Gasteiger partial charge in [-0.2, -0.15) is 0 Å². The van der Waals surface area contributed by atoms with Gasteiger partial charge < -0.3 is 20.3 Å². The molecule has 0 amide bonds. The van der Waals surface area contributed by atoms with Crippen LogP contribution in [0.3, 0.4) is 0 Å². The van der Waals surface area contributed by atoms with Crippen LogP contribution >= 0.6 is 0 Å². The highest BCUT2D eigenvalue weighted by Gasteiger charge is 2.27. The summed E-state index contributed by atoms with van der Waals surface area (Å²) in [6.07, 6.45) is 6.85. The van der Waals surface area contributed by atoms with Gasteiger partial charge in [0.05, 0.1) is 12.6 Å².